The third kappa shape index (κ3) is 4.76. The van der Waals surface area contributed by atoms with E-state index >= 15 is 0 Å². The number of hydrogen-bond acceptors (Lipinski definition) is 7. The molecule has 0 aliphatic rings. The Hall–Kier alpha value is -2.71. The third-order valence-corrected chi connectivity index (χ3v) is 5.10. The monoisotopic (exact) mass is 418 g/mol. The summed E-state index contributed by atoms with van der Waals surface area (Å²) >= 11 is 7.45. The van der Waals surface area contributed by atoms with Crippen LogP contribution in [0, 0.1) is 0 Å². The predicted octanol–water partition coefficient (Wildman–Crippen LogP) is 4.13. The van der Waals surface area contributed by atoms with Crippen LogP contribution in [-0.2, 0) is 5.75 Å². The molecular weight excluding hydrogens is 400 g/mol. The van der Waals surface area contributed by atoms with Crippen LogP contribution < -0.4 is 14.2 Å². The number of halogens is 1. The highest BCUT2D eigenvalue weighted by Crippen LogP contribution is 2.33. The highest BCUT2D eigenvalue weighted by Gasteiger charge is 2.11. The molecule has 1 heterocycles. The molecule has 3 rings (SSSR count). The first-order valence-corrected chi connectivity index (χ1v) is 9.62. The number of methoxy groups -OCH3 is 3. The van der Waals surface area contributed by atoms with Gasteiger partial charge in [0.1, 0.15) is 12.1 Å². The summed E-state index contributed by atoms with van der Waals surface area (Å²) in [6, 6.07) is 11.2. The molecule has 0 N–H and O–H groups in total. The summed E-state index contributed by atoms with van der Waals surface area (Å²) in [5.74, 6) is 2.51. The van der Waals surface area contributed by atoms with Crippen LogP contribution in [0.4, 0.5) is 0 Å². The van der Waals surface area contributed by atoms with Crippen molar-refractivity contribution in [1.29, 1.82) is 0 Å². The number of nitrogens with zero attached hydrogens (tertiary/aromatic N) is 4. The maximum absolute atomic E-state index is 5.92. The molecule has 0 aliphatic heterocycles. The Bertz CT molecular complexity index is 960. The smallest absolute Gasteiger partial charge is 0.212 e. The van der Waals surface area contributed by atoms with Crippen LogP contribution in [0.25, 0.3) is 0 Å². The van der Waals surface area contributed by atoms with Gasteiger partial charge in [0.2, 0.25) is 5.16 Å². The summed E-state index contributed by atoms with van der Waals surface area (Å²) in [5.41, 5.74) is 1.87. The quantitative estimate of drug-likeness (QED) is 0.404. The summed E-state index contributed by atoms with van der Waals surface area (Å²) in [5, 5.41) is 13.9. The number of rotatable bonds is 8. The van der Waals surface area contributed by atoms with Gasteiger partial charge in [0.05, 0.1) is 27.5 Å². The minimum Gasteiger partial charge on any atom is -0.496 e. The van der Waals surface area contributed by atoms with Crippen LogP contribution in [0.2, 0.25) is 5.02 Å². The maximum atomic E-state index is 5.92. The van der Waals surface area contributed by atoms with Crippen LogP contribution >= 0.6 is 23.4 Å². The molecule has 0 aliphatic carbocycles. The van der Waals surface area contributed by atoms with Crippen LogP contribution in [0.15, 0.2) is 53.0 Å². The van der Waals surface area contributed by atoms with Gasteiger partial charge in [0.15, 0.2) is 11.5 Å². The van der Waals surface area contributed by atoms with Gasteiger partial charge in [-0.25, -0.2) is 0 Å². The lowest BCUT2D eigenvalue weighted by molar-refractivity contribution is 0.349. The molecule has 7 nitrogen and oxygen atoms in total. The maximum Gasteiger partial charge on any atom is 0.212 e. The first kappa shape index (κ1) is 20.0. The summed E-state index contributed by atoms with van der Waals surface area (Å²) in [7, 11) is 4.74. The van der Waals surface area contributed by atoms with Gasteiger partial charge >= 0.3 is 0 Å². The largest absolute Gasteiger partial charge is 0.496 e. The van der Waals surface area contributed by atoms with Crippen molar-refractivity contribution in [2.75, 3.05) is 21.3 Å². The second kappa shape index (κ2) is 9.48. The van der Waals surface area contributed by atoms with E-state index in [1.54, 1.807) is 50.7 Å². The third-order valence-electron chi connectivity index (χ3n) is 3.84. The average molecular weight is 419 g/mol. The Morgan fingerprint density at radius 3 is 2.39 bits per heavy atom. The second-order valence-electron chi connectivity index (χ2n) is 5.57. The lowest BCUT2D eigenvalue weighted by atomic mass is 10.2. The normalized spacial score (nSPS) is 11.0. The van der Waals surface area contributed by atoms with E-state index in [1.807, 2.05) is 24.3 Å². The average Bonchev–Trinajstić information content (AvgIpc) is 3.18. The van der Waals surface area contributed by atoms with E-state index < -0.39 is 0 Å². The van der Waals surface area contributed by atoms with Crippen molar-refractivity contribution in [1.82, 2.24) is 14.9 Å². The number of benzene rings is 2. The molecular formula is C19H19ClN4O3S. The minimum absolute atomic E-state index is 0.583. The zero-order valence-corrected chi connectivity index (χ0v) is 17.2. The van der Waals surface area contributed by atoms with Gasteiger partial charge in [0, 0.05) is 22.4 Å². The number of thioether (sulfide) groups is 1. The van der Waals surface area contributed by atoms with E-state index in [9.17, 15) is 0 Å². The summed E-state index contributed by atoms with van der Waals surface area (Å²) in [4.78, 5) is 0. The van der Waals surface area contributed by atoms with Gasteiger partial charge in [-0.1, -0.05) is 35.5 Å². The van der Waals surface area contributed by atoms with Crippen molar-refractivity contribution in [3.8, 4) is 17.2 Å². The molecule has 2 aromatic carbocycles. The van der Waals surface area contributed by atoms with Crippen molar-refractivity contribution in [2.45, 2.75) is 10.9 Å². The van der Waals surface area contributed by atoms with Crippen LogP contribution in [-0.4, -0.2) is 42.4 Å². The van der Waals surface area contributed by atoms with E-state index in [-0.39, 0.29) is 0 Å². The molecule has 0 saturated carbocycles. The molecule has 1 aromatic heterocycles. The van der Waals surface area contributed by atoms with Gasteiger partial charge in [-0.3, -0.25) is 0 Å². The molecule has 0 unspecified atom stereocenters. The van der Waals surface area contributed by atoms with Crippen molar-refractivity contribution >= 4 is 29.6 Å². The van der Waals surface area contributed by atoms with Crippen molar-refractivity contribution in [3.05, 3.63) is 58.9 Å². The fourth-order valence-electron chi connectivity index (χ4n) is 2.40. The van der Waals surface area contributed by atoms with E-state index in [0.29, 0.717) is 27.4 Å². The molecule has 0 amide bonds. The highest BCUT2D eigenvalue weighted by atomic mass is 35.5. The number of ether oxygens (including phenoxy) is 3. The predicted molar refractivity (Wildman–Crippen MR) is 110 cm³/mol. The first-order chi connectivity index (χ1) is 13.6. The summed E-state index contributed by atoms with van der Waals surface area (Å²) in [6.07, 6.45) is 3.21. The number of aromatic nitrogens is 3. The van der Waals surface area contributed by atoms with Crippen LogP contribution in [0.3, 0.4) is 0 Å². The van der Waals surface area contributed by atoms with E-state index in [4.69, 9.17) is 25.8 Å². The fourth-order valence-corrected chi connectivity index (χ4v) is 3.35. The van der Waals surface area contributed by atoms with Gasteiger partial charge < -0.3 is 14.2 Å². The van der Waals surface area contributed by atoms with Crippen molar-refractivity contribution in [3.63, 3.8) is 0 Å². The Morgan fingerprint density at radius 2 is 1.71 bits per heavy atom. The molecule has 28 heavy (non-hydrogen) atoms. The van der Waals surface area contributed by atoms with Crippen molar-refractivity contribution < 1.29 is 14.2 Å². The lowest BCUT2D eigenvalue weighted by Gasteiger charge is -2.11. The zero-order valence-electron chi connectivity index (χ0n) is 15.6. The highest BCUT2D eigenvalue weighted by molar-refractivity contribution is 7.98. The van der Waals surface area contributed by atoms with E-state index in [2.05, 4.69) is 15.3 Å². The molecule has 0 spiro atoms. The van der Waals surface area contributed by atoms with E-state index in [1.165, 1.54) is 11.8 Å². The zero-order chi connectivity index (χ0) is 19.9. The van der Waals surface area contributed by atoms with Gasteiger partial charge in [-0.2, -0.15) is 9.78 Å². The van der Waals surface area contributed by atoms with E-state index in [0.717, 1.165) is 16.9 Å². The standard InChI is InChI=1S/C19H19ClN4O3S/c1-25-16-9-18(27-3)17(26-2)8-14(16)10-22-24-12-21-23-19(24)28-11-13-4-6-15(20)7-5-13/h4-10,12H,11H2,1-3H3/b22-10+. The van der Waals surface area contributed by atoms with Gasteiger partial charge in [-0.15, -0.1) is 10.2 Å². The molecule has 146 valence electrons. The second-order valence-corrected chi connectivity index (χ2v) is 6.95. The molecule has 9 heteroatoms. The topological polar surface area (TPSA) is 70.8 Å². The molecule has 0 atom stereocenters. The lowest BCUT2D eigenvalue weighted by Crippen LogP contribution is -1.98. The molecule has 0 bridgehead atoms. The Kier molecular flexibility index (Phi) is 6.78. The minimum atomic E-state index is 0.583. The fraction of sp³-hybridized carbons (Fsp3) is 0.211. The Morgan fingerprint density at radius 1 is 1.04 bits per heavy atom. The Labute approximate surface area is 172 Å². The van der Waals surface area contributed by atoms with Crippen molar-refractivity contribution in [2.24, 2.45) is 5.10 Å². The Balaban J connectivity index is 1.78. The van der Waals surface area contributed by atoms with Crippen LogP contribution in [0.1, 0.15) is 11.1 Å². The molecule has 3 aromatic rings. The van der Waals surface area contributed by atoms with Gasteiger partial charge in [0.25, 0.3) is 0 Å². The van der Waals surface area contributed by atoms with Gasteiger partial charge in [-0.05, 0) is 23.8 Å². The molecule has 0 saturated heterocycles. The van der Waals surface area contributed by atoms with Crippen LogP contribution in [0.5, 0.6) is 17.2 Å². The summed E-state index contributed by atoms with van der Waals surface area (Å²) in [6.45, 7) is 0. The number of hydrogen-bond donors (Lipinski definition) is 0. The summed E-state index contributed by atoms with van der Waals surface area (Å²) < 4.78 is 17.7. The molecule has 0 fully saturated rings. The molecule has 0 radical (unpaired) electrons. The first-order valence-electron chi connectivity index (χ1n) is 8.26. The SMILES string of the molecule is COc1cc(OC)c(OC)cc1/C=N/n1cnnc1SCc1ccc(Cl)cc1.